The van der Waals surface area contributed by atoms with Crippen LogP contribution < -0.4 is 5.32 Å². The first-order valence-corrected chi connectivity index (χ1v) is 10.7. The van der Waals surface area contributed by atoms with Crippen LogP contribution in [0, 0.1) is 6.92 Å². The molecule has 2 heterocycles. The number of carbonyl (C=O) groups is 1. The molecule has 0 unspecified atom stereocenters. The zero-order valence-corrected chi connectivity index (χ0v) is 17.3. The second kappa shape index (κ2) is 8.97. The zero-order valence-electron chi connectivity index (χ0n) is 15.6. The summed E-state index contributed by atoms with van der Waals surface area (Å²) in [5, 5.41) is 21.3. The van der Waals surface area contributed by atoms with Crippen LogP contribution in [0.4, 0.5) is 5.13 Å². The van der Waals surface area contributed by atoms with Gasteiger partial charge in [0.15, 0.2) is 5.16 Å². The lowest BCUT2D eigenvalue weighted by atomic mass is 10.2. The number of hydrogen-bond donors (Lipinski definition) is 1. The fourth-order valence-electron chi connectivity index (χ4n) is 2.67. The third kappa shape index (κ3) is 4.87. The summed E-state index contributed by atoms with van der Waals surface area (Å²) in [6.07, 6.45) is 0. The monoisotopic (exact) mass is 422 g/mol. The summed E-state index contributed by atoms with van der Waals surface area (Å²) in [7, 11) is 0. The van der Waals surface area contributed by atoms with E-state index in [2.05, 4.69) is 37.8 Å². The highest BCUT2D eigenvalue weighted by Gasteiger charge is 2.14. The maximum Gasteiger partial charge on any atom is 0.236 e. The molecule has 4 rings (SSSR count). The fourth-order valence-corrected chi connectivity index (χ4v) is 4.22. The lowest BCUT2D eigenvalue weighted by Gasteiger charge is -2.08. The van der Waals surface area contributed by atoms with Gasteiger partial charge in [0, 0.05) is 5.56 Å². The van der Waals surface area contributed by atoms with E-state index in [0.717, 1.165) is 22.0 Å². The van der Waals surface area contributed by atoms with Crippen molar-refractivity contribution < 1.29 is 4.79 Å². The third-order valence-corrected chi connectivity index (χ3v) is 5.96. The Morgan fingerprint density at radius 2 is 1.72 bits per heavy atom. The smallest absolute Gasteiger partial charge is 0.236 e. The number of aryl methyl sites for hydroxylation is 1. The average molecular weight is 423 g/mol. The second-order valence-corrected chi connectivity index (χ2v) is 8.14. The van der Waals surface area contributed by atoms with Crippen molar-refractivity contribution in [3.8, 4) is 10.6 Å². The maximum atomic E-state index is 12.4. The van der Waals surface area contributed by atoms with Gasteiger partial charge in [-0.15, -0.1) is 20.4 Å². The lowest BCUT2D eigenvalue weighted by molar-refractivity contribution is -0.113. The van der Waals surface area contributed by atoms with E-state index >= 15 is 0 Å². The minimum absolute atomic E-state index is 0.155. The zero-order chi connectivity index (χ0) is 20.1. The Balaban J connectivity index is 1.36. The summed E-state index contributed by atoms with van der Waals surface area (Å²) in [4.78, 5) is 12.4. The SMILES string of the molecule is Cc1nnc(SCC(=O)Nc2nnc(-c3ccccc3)s2)n1Cc1ccccc1. The van der Waals surface area contributed by atoms with Crippen LogP contribution in [0.1, 0.15) is 11.4 Å². The third-order valence-electron chi connectivity index (χ3n) is 4.11. The fraction of sp³-hybridized carbons (Fsp3) is 0.150. The van der Waals surface area contributed by atoms with Gasteiger partial charge < -0.3 is 4.57 Å². The van der Waals surface area contributed by atoms with Crippen LogP contribution in [0.5, 0.6) is 0 Å². The maximum absolute atomic E-state index is 12.4. The van der Waals surface area contributed by atoms with Crippen LogP contribution in [0.3, 0.4) is 0 Å². The van der Waals surface area contributed by atoms with E-state index in [4.69, 9.17) is 0 Å². The van der Waals surface area contributed by atoms with Crippen LogP contribution in [-0.2, 0) is 11.3 Å². The van der Waals surface area contributed by atoms with E-state index in [9.17, 15) is 4.79 Å². The molecule has 0 fully saturated rings. The number of hydrogen-bond acceptors (Lipinski definition) is 7. The van der Waals surface area contributed by atoms with Gasteiger partial charge in [0.2, 0.25) is 11.0 Å². The highest BCUT2D eigenvalue weighted by atomic mass is 32.2. The summed E-state index contributed by atoms with van der Waals surface area (Å²) >= 11 is 2.70. The van der Waals surface area contributed by atoms with Crippen LogP contribution >= 0.6 is 23.1 Å². The first-order valence-electron chi connectivity index (χ1n) is 8.94. The molecule has 1 N–H and O–H groups in total. The predicted molar refractivity (Wildman–Crippen MR) is 115 cm³/mol. The van der Waals surface area contributed by atoms with Gasteiger partial charge in [-0.2, -0.15) is 0 Å². The number of rotatable bonds is 7. The molecule has 2 aromatic carbocycles. The number of nitrogens with zero attached hydrogens (tertiary/aromatic N) is 5. The Morgan fingerprint density at radius 1 is 1.00 bits per heavy atom. The molecule has 0 aliphatic rings. The van der Waals surface area contributed by atoms with Crippen molar-refractivity contribution in [1.29, 1.82) is 0 Å². The Hall–Kier alpha value is -3.04. The highest BCUT2D eigenvalue weighted by Crippen LogP contribution is 2.26. The number of anilines is 1. The number of carbonyl (C=O) groups excluding carboxylic acids is 1. The van der Waals surface area contributed by atoms with E-state index in [-0.39, 0.29) is 11.7 Å². The van der Waals surface area contributed by atoms with E-state index in [1.807, 2.05) is 60.0 Å². The van der Waals surface area contributed by atoms with Crippen molar-refractivity contribution in [2.75, 3.05) is 11.1 Å². The normalized spacial score (nSPS) is 10.8. The Bertz CT molecular complexity index is 1090. The van der Waals surface area contributed by atoms with Crippen LogP contribution in [0.25, 0.3) is 10.6 Å². The topological polar surface area (TPSA) is 85.6 Å². The van der Waals surface area contributed by atoms with Gasteiger partial charge in [-0.25, -0.2) is 0 Å². The average Bonchev–Trinajstić information content (AvgIpc) is 3.35. The largest absolute Gasteiger partial charge is 0.302 e. The minimum Gasteiger partial charge on any atom is -0.302 e. The molecule has 29 heavy (non-hydrogen) atoms. The Morgan fingerprint density at radius 3 is 2.48 bits per heavy atom. The van der Waals surface area contributed by atoms with Crippen LogP contribution in [0.2, 0.25) is 0 Å². The molecule has 0 bridgehead atoms. The summed E-state index contributed by atoms with van der Waals surface area (Å²) < 4.78 is 2.01. The van der Waals surface area contributed by atoms with Crippen molar-refractivity contribution >= 4 is 34.1 Å². The van der Waals surface area contributed by atoms with E-state index in [1.165, 1.54) is 23.1 Å². The molecule has 0 saturated carbocycles. The first-order chi connectivity index (χ1) is 14.2. The van der Waals surface area contributed by atoms with Crippen molar-refractivity contribution in [3.05, 3.63) is 72.1 Å². The van der Waals surface area contributed by atoms with Gasteiger partial charge in [-0.3, -0.25) is 10.1 Å². The summed E-state index contributed by atoms with van der Waals surface area (Å²) in [6, 6.07) is 19.9. The van der Waals surface area contributed by atoms with Gasteiger partial charge in [-0.05, 0) is 12.5 Å². The number of benzene rings is 2. The molecule has 0 aliphatic heterocycles. The van der Waals surface area contributed by atoms with Gasteiger partial charge in [0.25, 0.3) is 0 Å². The predicted octanol–water partition coefficient (Wildman–Crippen LogP) is 3.88. The molecule has 7 nitrogen and oxygen atoms in total. The van der Waals surface area contributed by atoms with Gasteiger partial charge in [-0.1, -0.05) is 83.8 Å². The van der Waals surface area contributed by atoms with Crippen molar-refractivity contribution in [2.45, 2.75) is 18.6 Å². The standard InChI is InChI=1S/C20H18N6OS2/c1-14-22-25-20(26(14)12-15-8-4-2-5-9-15)28-13-17(27)21-19-24-23-18(29-19)16-10-6-3-7-11-16/h2-11H,12-13H2,1H3,(H,21,24,27). The lowest BCUT2D eigenvalue weighted by Crippen LogP contribution is -2.14. The first kappa shape index (κ1) is 19.3. The van der Waals surface area contributed by atoms with E-state index in [0.29, 0.717) is 16.8 Å². The molecule has 9 heteroatoms. The molecule has 0 aliphatic carbocycles. The molecule has 146 valence electrons. The molecular formula is C20H18N6OS2. The van der Waals surface area contributed by atoms with Gasteiger partial charge >= 0.3 is 0 Å². The summed E-state index contributed by atoms with van der Waals surface area (Å²) in [5.74, 6) is 0.874. The number of thioether (sulfide) groups is 1. The summed E-state index contributed by atoms with van der Waals surface area (Å²) in [5.41, 5.74) is 2.13. The molecule has 0 spiro atoms. The quantitative estimate of drug-likeness (QED) is 0.455. The van der Waals surface area contributed by atoms with Gasteiger partial charge in [0.1, 0.15) is 10.8 Å². The van der Waals surface area contributed by atoms with Crippen molar-refractivity contribution in [1.82, 2.24) is 25.0 Å². The molecule has 0 atom stereocenters. The second-order valence-electron chi connectivity index (χ2n) is 6.22. The summed E-state index contributed by atoms with van der Waals surface area (Å²) in [6.45, 7) is 2.58. The minimum atomic E-state index is -0.155. The molecule has 0 radical (unpaired) electrons. The van der Waals surface area contributed by atoms with E-state index in [1.54, 1.807) is 0 Å². The molecule has 0 saturated heterocycles. The number of aromatic nitrogens is 5. The van der Waals surface area contributed by atoms with Crippen molar-refractivity contribution in [3.63, 3.8) is 0 Å². The van der Waals surface area contributed by atoms with Gasteiger partial charge in [0.05, 0.1) is 12.3 Å². The molecule has 2 aromatic heterocycles. The van der Waals surface area contributed by atoms with Crippen molar-refractivity contribution in [2.24, 2.45) is 0 Å². The number of amides is 1. The number of nitrogens with one attached hydrogen (secondary N) is 1. The molecule has 4 aromatic rings. The highest BCUT2D eigenvalue weighted by molar-refractivity contribution is 7.99. The Kier molecular flexibility index (Phi) is 5.97. The molecule has 1 amide bonds. The van der Waals surface area contributed by atoms with E-state index < -0.39 is 0 Å². The van der Waals surface area contributed by atoms with Crippen LogP contribution in [-0.4, -0.2) is 36.6 Å². The Labute approximate surface area is 176 Å². The van der Waals surface area contributed by atoms with Crippen LogP contribution in [0.15, 0.2) is 65.8 Å². The molecular weight excluding hydrogens is 404 g/mol.